The van der Waals surface area contributed by atoms with Crippen LogP contribution in [0.3, 0.4) is 0 Å². The first-order chi connectivity index (χ1) is 4.24. The maximum absolute atomic E-state index is 8.87. The largest absolute Gasteiger partial charge is 0.388 e. The van der Waals surface area contributed by atoms with Gasteiger partial charge in [0.25, 0.3) is 0 Å². The predicted molar refractivity (Wildman–Crippen MR) is 28.8 cm³/mol. The van der Waals surface area contributed by atoms with Gasteiger partial charge in [0, 0.05) is 6.00 Å². The topological polar surface area (TPSA) is 58.9 Å². The number of rotatable bonds is 1. The van der Waals surface area contributed by atoms with Gasteiger partial charge in [-0.05, 0) is 6.42 Å². The number of hydrogen-bond donors (Lipinski definition) is 2. The fourth-order valence-electron chi connectivity index (χ4n) is 0.763. The number of ether oxygens (including phenoxy) is 1. The zero-order valence-electron chi connectivity index (χ0n) is 4.73. The molecule has 0 aromatic carbocycles. The van der Waals surface area contributed by atoms with Crippen molar-refractivity contribution in [2.24, 2.45) is 0 Å². The normalized spacial score (nSPS) is 43.6. The molecule has 9 heavy (non-hydrogen) atoms. The third kappa shape index (κ3) is 1.43. The highest BCUT2D eigenvalue weighted by molar-refractivity contribution is 6.11. The van der Waals surface area contributed by atoms with Crippen LogP contribution in [0.2, 0.25) is 0 Å². The van der Waals surface area contributed by atoms with Crippen molar-refractivity contribution in [2.45, 2.75) is 24.8 Å². The first-order valence-electron chi connectivity index (χ1n) is 2.63. The lowest BCUT2D eigenvalue weighted by atomic mass is 9.97. The molecular formula is C4H7BO4. The molecule has 0 unspecified atom stereocenters. The van der Waals surface area contributed by atoms with Crippen LogP contribution in [-0.2, 0) is 9.62 Å². The second kappa shape index (κ2) is 2.66. The average Bonchev–Trinajstić information content (AvgIpc) is 2.10. The number of aliphatic hydroxyl groups excluding tert-OH is 1. The van der Waals surface area contributed by atoms with E-state index in [0.29, 0.717) is 6.42 Å². The van der Waals surface area contributed by atoms with Gasteiger partial charge in [-0.15, -0.1) is 0 Å². The minimum Gasteiger partial charge on any atom is -0.388 e. The molecule has 1 rings (SSSR count). The quantitative estimate of drug-likeness (QED) is 0.273. The molecule has 0 aliphatic carbocycles. The van der Waals surface area contributed by atoms with Crippen molar-refractivity contribution in [1.82, 2.24) is 0 Å². The van der Waals surface area contributed by atoms with Crippen molar-refractivity contribution in [1.29, 1.82) is 0 Å². The van der Waals surface area contributed by atoms with E-state index in [1.165, 1.54) is 0 Å². The van der Waals surface area contributed by atoms with E-state index in [1.807, 2.05) is 0 Å². The van der Waals surface area contributed by atoms with Gasteiger partial charge in [0.05, 0.1) is 0 Å². The fourth-order valence-corrected chi connectivity index (χ4v) is 0.763. The predicted octanol–water partition coefficient (Wildman–Crippen LogP) is -0.922. The summed E-state index contributed by atoms with van der Waals surface area (Å²) < 4.78 is 4.68. The smallest absolute Gasteiger partial charge is 0.216 e. The van der Waals surface area contributed by atoms with Crippen LogP contribution in [0.4, 0.5) is 0 Å². The lowest BCUT2D eigenvalue weighted by molar-refractivity contribution is -0.350. The first-order valence-corrected chi connectivity index (χ1v) is 2.63. The van der Waals surface area contributed by atoms with Crippen LogP contribution in [0.5, 0.6) is 0 Å². The highest BCUT2D eigenvalue weighted by Gasteiger charge is 2.31. The van der Waals surface area contributed by atoms with Crippen molar-refractivity contribution < 1.29 is 20.0 Å². The molecule has 0 aromatic heterocycles. The molecule has 0 spiro atoms. The van der Waals surface area contributed by atoms with Crippen LogP contribution in [0.15, 0.2) is 0 Å². The van der Waals surface area contributed by atoms with Crippen LogP contribution >= 0.6 is 0 Å². The van der Waals surface area contributed by atoms with Crippen LogP contribution in [0, 0.1) is 0 Å². The van der Waals surface area contributed by atoms with Crippen LogP contribution in [0.25, 0.3) is 0 Å². The molecule has 0 bridgehead atoms. The summed E-state index contributed by atoms with van der Waals surface area (Å²) >= 11 is 0. The summed E-state index contributed by atoms with van der Waals surface area (Å²) in [5, 5.41) is 16.9. The Labute approximate surface area is 53.7 Å². The molecule has 2 N–H and O–H groups in total. The summed E-state index contributed by atoms with van der Waals surface area (Å²) in [6.45, 7) is 0. The molecule has 3 atom stereocenters. The Kier molecular flexibility index (Phi) is 2.07. The summed E-state index contributed by atoms with van der Waals surface area (Å²) in [6, 6.07) is -0.530. The van der Waals surface area contributed by atoms with Gasteiger partial charge in [0.2, 0.25) is 6.29 Å². The standard InChI is InChI=1S/C4H7BO4/c5-3-1-2(6)4(8-3)9-7/h2-4,6-7H,1H2/t2-,3+,4+/m1/s1. The molecule has 1 saturated heterocycles. The minimum atomic E-state index is -0.972. The maximum Gasteiger partial charge on any atom is 0.216 e. The number of hydrogen-bond acceptors (Lipinski definition) is 4. The fraction of sp³-hybridized carbons (Fsp3) is 1.00. The molecule has 5 heteroatoms. The summed E-state index contributed by atoms with van der Waals surface area (Å²) in [5.41, 5.74) is 0. The van der Waals surface area contributed by atoms with E-state index in [9.17, 15) is 0 Å². The summed E-state index contributed by atoms with van der Waals surface area (Å²) in [5.74, 6) is 0. The van der Waals surface area contributed by atoms with E-state index in [-0.39, 0.29) is 0 Å². The van der Waals surface area contributed by atoms with Crippen molar-refractivity contribution >= 4 is 7.85 Å². The van der Waals surface area contributed by atoms with E-state index >= 15 is 0 Å². The Balaban J connectivity index is 2.38. The molecule has 4 nitrogen and oxygen atoms in total. The van der Waals surface area contributed by atoms with Gasteiger partial charge in [0.1, 0.15) is 14.0 Å². The third-order valence-corrected chi connectivity index (χ3v) is 1.20. The summed E-state index contributed by atoms with van der Waals surface area (Å²) in [6.07, 6.45) is -1.49. The second-order valence-electron chi connectivity index (χ2n) is 1.95. The van der Waals surface area contributed by atoms with Crippen LogP contribution < -0.4 is 0 Å². The molecule has 1 aliphatic rings. The zero-order chi connectivity index (χ0) is 6.85. The van der Waals surface area contributed by atoms with Crippen molar-refractivity contribution in [2.75, 3.05) is 0 Å². The van der Waals surface area contributed by atoms with Crippen molar-refractivity contribution in [3.63, 3.8) is 0 Å². The van der Waals surface area contributed by atoms with Gasteiger partial charge in [-0.25, -0.2) is 10.1 Å². The van der Waals surface area contributed by atoms with Crippen LogP contribution in [0.1, 0.15) is 6.42 Å². The van der Waals surface area contributed by atoms with Crippen molar-refractivity contribution in [3.8, 4) is 0 Å². The van der Waals surface area contributed by atoms with Gasteiger partial charge in [-0.1, -0.05) is 0 Å². The third-order valence-electron chi connectivity index (χ3n) is 1.20. The van der Waals surface area contributed by atoms with E-state index in [0.717, 1.165) is 0 Å². The lowest BCUT2D eigenvalue weighted by Crippen LogP contribution is -2.22. The Morgan fingerprint density at radius 1 is 1.67 bits per heavy atom. The van der Waals surface area contributed by atoms with Gasteiger partial charge in [-0.2, -0.15) is 0 Å². The Morgan fingerprint density at radius 2 is 2.33 bits per heavy atom. The molecule has 0 amide bonds. The molecule has 50 valence electrons. The summed E-state index contributed by atoms with van der Waals surface area (Å²) in [7, 11) is 5.22. The minimum absolute atomic E-state index is 0.297. The zero-order valence-corrected chi connectivity index (χ0v) is 4.73. The molecule has 0 saturated carbocycles. The second-order valence-corrected chi connectivity index (χ2v) is 1.95. The van der Waals surface area contributed by atoms with Gasteiger partial charge >= 0.3 is 0 Å². The van der Waals surface area contributed by atoms with Crippen molar-refractivity contribution in [3.05, 3.63) is 0 Å². The van der Waals surface area contributed by atoms with Gasteiger partial charge in [-0.3, -0.25) is 0 Å². The van der Waals surface area contributed by atoms with E-state index in [2.05, 4.69) is 9.62 Å². The highest BCUT2D eigenvalue weighted by atomic mass is 17.1. The van der Waals surface area contributed by atoms with E-state index < -0.39 is 18.4 Å². The average molecular weight is 130 g/mol. The van der Waals surface area contributed by atoms with E-state index in [4.69, 9.17) is 18.2 Å². The Morgan fingerprint density at radius 3 is 2.56 bits per heavy atom. The SMILES string of the molecule is [B][C@@H]1C[C@@H](O)[C@H](OO)O1. The Hall–Kier alpha value is -0.0951. The molecule has 1 heterocycles. The van der Waals surface area contributed by atoms with Gasteiger partial charge < -0.3 is 9.84 Å². The summed E-state index contributed by atoms with van der Waals surface area (Å²) in [4.78, 5) is 3.74. The van der Waals surface area contributed by atoms with Gasteiger partial charge in [0.15, 0.2) is 0 Å². The lowest BCUT2D eigenvalue weighted by Gasteiger charge is -2.08. The molecule has 1 fully saturated rings. The Bertz CT molecular complexity index is 98.6. The monoisotopic (exact) mass is 130 g/mol. The molecule has 1 aliphatic heterocycles. The number of aliphatic hydroxyl groups is 1. The molecule has 2 radical (unpaired) electrons. The maximum atomic E-state index is 8.87. The van der Waals surface area contributed by atoms with E-state index in [1.54, 1.807) is 0 Å². The highest BCUT2D eigenvalue weighted by Crippen LogP contribution is 2.17. The first kappa shape index (κ1) is 7.02. The molecule has 0 aromatic rings. The molecular weight excluding hydrogens is 123 g/mol. The van der Waals surface area contributed by atoms with Crippen LogP contribution in [-0.4, -0.2) is 36.6 Å².